The summed E-state index contributed by atoms with van der Waals surface area (Å²) in [4.78, 5) is 24.8. The van der Waals surface area contributed by atoms with Gasteiger partial charge in [0.2, 0.25) is 5.91 Å². The number of halogens is 1. The van der Waals surface area contributed by atoms with Gasteiger partial charge in [-0.15, -0.1) is 0 Å². The molecule has 0 radical (unpaired) electrons. The first-order chi connectivity index (χ1) is 14.2. The van der Waals surface area contributed by atoms with E-state index in [4.69, 9.17) is 4.74 Å². The van der Waals surface area contributed by atoms with Gasteiger partial charge in [0.05, 0.1) is 46.5 Å². The lowest BCUT2D eigenvalue weighted by Crippen LogP contribution is -2.24. The second kappa shape index (κ2) is 8.83. The first-order valence-corrected chi connectivity index (χ1v) is 10.2. The molecular weight excluding hydrogens is 450 g/mol. The number of aryl methyl sites for hydroxylation is 2. The molecule has 9 heteroatoms. The minimum Gasteiger partial charge on any atom is -0.465 e. The molecule has 0 aliphatic carbocycles. The van der Waals surface area contributed by atoms with Gasteiger partial charge in [-0.3, -0.25) is 14.2 Å². The van der Waals surface area contributed by atoms with Crippen LogP contribution in [0.25, 0.3) is 0 Å². The van der Waals surface area contributed by atoms with E-state index in [1.54, 1.807) is 34.6 Å². The van der Waals surface area contributed by atoms with Crippen LogP contribution in [-0.4, -0.2) is 38.5 Å². The number of hydrogen-bond donors (Lipinski definition) is 1. The molecule has 0 saturated carbocycles. The summed E-state index contributed by atoms with van der Waals surface area (Å²) >= 11 is 3.42. The van der Waals surface area contributed by atoms with Crippen molar-refractivity contribution in [3.05, 3.63) is 63.1 Å². The number of methoxy groups -OCH3 is 1. The Morgan fingerprint density at radius 3 is 2.50 bits per heavy atom. The molecule has 2 aromatic heterocycles. The van der Waals surface area contributed by atoms with Crippen molar-refractivity contribution >= 4 is 33.5 Å². The third-order valence-electron chi connectivity index (χ3n) is 5.01. The third-order valence-corrected chi connectivity index (χ3v) is 5.78. The standard InChI is InChI=1S/C21H24BrN5O3/c1-12-18(22)11-27(24-12)15(4)20(28)23-19-13(2)25-26(14(19)3)10-16-8-6-7-9-17(16)21(29)30-5/h6-9,11,15H,10H2,1-5H3,(H,23,28). The summed E-state index contributed by atoms with van der Waals surface area (Å²) in [5.74, 6) is -0.583. The zero-order chi connectivity index (χ0) is 22.0. The zero-order valence-electron chi connectivity index (χ0n) is 17.6. The van der Waals surface area contributed by atoms with E-state index >= 15 is 0 Å². The van der Waals surface area contributed by atoms with Crippen molar-refractivity contribution in [2.24, 2.45) is 0 Å². The molecule has 3 rings (SSSR count). The van der Waals surface area contributed by atoms with Crippen LogP contribution in [0.5, 0.6) is 0 Å². The van der Waals surface area contributed by atoms with Crippen LogP contribution >= 0.6 is 15.9 Å². The third kappa shape index (κ3) is 4.30. The van der Waals surface area contributed by atoms with Gasteiger partial charge in [0.1, 0.15) is 6.04 Å². The molecule has 0 fully saturated rings. The van der Waals surface area contributed by atoms with E-state index in [0.717, 1.165) is 21.4 Å². The van der Waals surface area contributed by atoms with Crippen molar-refractivity contribution < 1.29 is 14.3 Å². The number of benzene rings is 1. The number of hydrogen-bond acceptors (Lipinski definition) is 5. The molecule has 158 valence electrons. The first kappa shape index (κ1) is 21.8. The molecule has 1 N–H and O–H groups in total. The number of nitrogens with zero attached hydrogens (tertiary/aromatic N) is 4. The first-order valence-electron chi connectivity index (χ1n) is 9.45. The lowest BCUT2D eigenvalue weighted by molar-refractivity contribution is -0.119. The van der Waals surface area contributed by atoms with Gasteiger partial charge in [-0.05, 0) is 55.3 Å². The Labute approximate surface area is 183 Å². The summed E-state index contributed by atoms with van der Waals surface area (Å²) in [7, 11) is 1.36. The number of carbonyl (C=O) groups excluding carboxylic acids is 2. The quantitative estimate of drug-likeness (QED) is 0.549. The Kier molecular flexibility index (Phi) is 6.40. The molecule has 0 saturated heterocycles. The number of rotatable bonds is 6. The van der Waals surface area contributed by atoms with E-state index in [0.29, 0.717) is 23.5 Å². The Hall–Kier alpha value is -2.94. The maximum Gasteiger partial charge on any atom is 0.338 e. The molecule has 8 nitrogen and oxygen atoms in total. The van der Waals surface area contributed by atoms with Crippen molar-refractivity contribution in [1.29, 1.82) is 0 Å². The Bertz CT molecular complexity index is 1080. The Balaban J connectivity index is 1.83. The number of amides is 1. The van der Waals surface area contributed by atoms with Crippen LogP contribution < -0.4 is 5.32 Å². The monoisotopic (exact) mass is 473 g/mol. The fourth-order valence-electron chi connectivity index (χ4n) is 3.17. The fraction of sp³-hybridized carbons (Fsp3) is 0.333. The van der Waals surface area contributed by atoms with Crippen LogP contribution in [-0.2, 0) is 16.1 Å². The highest BCUT2D eigenvalue weighted by molar-refractivity contribution is 9.10. The highest BCUT2D eigenvalue weighted by Gasteiger charge is 2.21. The van der Waals surface area contributed by atoms with Crippen LogP contribution in [0.2, 0.25) is 0 Å². The van der Waals surface area contributed by atoms with Crippen molar-refractivity contribution in [3.63, 3.8) is 0 Å². The van der Waals surface area contributed by atoms with Crippen molar-refractivity contribution in [1.82, 2.24) is 19.6 Å². The molecule has 0 bridgehead atoms. The Morgan fingerprint density at radius 1 is 1.17 bits per heavy atom. The average Bonchev–Trinajstić information content (AvgIpc) is 3.20. The topological polar surface area (TPSA) is 91.0 Å². The molecular formula is C21H24BrN5O3. The summed E-state index contributed by atoms with van der Waals surface area (Å²) in [6, 6.07) is 6.75. The number of carbonyl (C=O) groups is 2. The van der Waals surface area contributed by atoms with Crippen LogP contribution in [0.4, 0.5) is 5.69 Å². The largest absolute Gasteiger partial charge is 0.465 e. The predicted octanol–water partition coefficient (Wildman–Crippen LogP) is 3.80. The molecule has 3 aromatic rings. The van der Waals surface area contributed by atoms with E-state index in [1.807, 2.05) is 32.9 Å². The van der Waals surface area contributed by atoms with Gasteiger partial charge in [-0.2, -0.15) is 10.2 Å². The number of aromatic nitrogens is 4. The maximum atomic E-state index is 12.8. The molecule has 0 aliphatic heterocycles. The lowest BCUT2D eigenvalue weighted by atomic mass is 10.1. The van der Waals surface area contributed by atoms with Gasteiger partial charge in [-0.25, -0.2) is 4.79 Å². The fourth-order valence-corrected chi connectivity index (χ4v) is 3.46. The number of esters is 1. The molecule has 1 aromatic carbocycles. The van der Waals surface area contributed by atoms with Gasteiger partial charge in [0, 0.05) is 6.20 Å². The van der Waals surface area contributed by atoms with Crippen LogP contribution in [0.3, 0.4) is 0 Å². The molecule has 0 spiro atoms. The van der Waals surface area contributed by atoms with Gasteiger partial charge >= 0.3 is 5.97 Å². The van der Waals surface area contributed by atoms with Crippen LogP contribution in [0.15, 0.2) is 34.9 Å². The predicted molar refractivity (Wildman–Crippen MR) is 117 cm³/mol. The normalized spacial score (nSPS) is 11.9. The zero-order valence-corrected chi connectivity index (χ0v) is 19.1. The maximum absolute atomic E-state index is 12.8. The minimum atomic E-state index is -0.489. The second-order valence-corrected chi connectivity index (χ2v) is 7.91. The Morgan fingerprint density at radius 2 is 1.87 bits per heavy atom. The molecule has 0 aliphatic rings. The lowest BCUT2D eigenvalue weighted by Gasteiger charge is -2.13. The molecule has 30 heavy (non-hydrogen) atoms. The van der Waals surface area contributed by atoms with Crippen molar-refractivity contribution in [2.75, 3.05) is 12.4 Å². The van der Waals surface area contributed by atoms with E-state index < -0.39 is 12.0 Å². The number of nitrogens with one attached hydrogen (secondary N) is 1. The summed E-state index contributed by atoms with van der Waals surface area (Å²) in [5, 5.41) is 11.9. The van der Waals surface area contributed by atoms with Crippen LogP contribution in [0.1, 0.15) is 46.0 Å². The van der Waals surface area contributed by atoms with Gasteiger partial charge in [0.25, 0.3) is 0 Å². The van der Waals surface area contributed by atoms with E-state index in [9.17, 15) is 9.59 Å². The van der Waals surface area contributed by atoms with Crippen LogP contribution in [0, 0.1) is 20.8 Å². The van der Waals surface area contributed by atoms with E-state index in [1.165, 1.54) is 7.11 Å². The summed E-state index contributed by atoms with van der Waals surface area (Å²) in [5.41, 5.74) is 4.25. The minimum absolute atomic E-state index is 0.189. The van der Waals surface area contributed by atoms with Crippen molar-refractivity contribution in [3.8, 4) is 0 Å². The molecule has 2 heterocycles. The molecule has 1 amide bonds. The second-order valence-electron chi connectivity index (χ2n) is 7.06. The number of ether oxygens (including phenoxy) is 1. The highest BCUT2D eigenvalue weighted by atomic mass is 79.9. The van der Waals surface area contributed by atoms with E-state index in [-0.39, 0.29) is 5.91 Å². The van der Waals surface area contributed by atoms with Crippen molar-refractivity contribution in [2.45, 2.75) is 40.3 Å². The molecule has 1 atom stereocenters. The highest BCUT2D eigenvalue weighted by Crippen LogP contribution is 2.24. The SMILES string of the molecule is COC(=O)c1ccccc1Cn1nc(C)c(NC(=O)C(C)n2cc(Br)c(C)n2)c1C. The summed E-state index contributed by atoms with van der Waals surface area (Å²) < 4.78 is 9.11. The van der Waals surface area contributed by atoms with Gasteiger partial charge in [-0.1, -0.05) is 18.2 Å². The number of anilines is 1. The molecule has 1 unspecified atom stereocenters. The van der Waals surface area contributed by atoms with Gasteiger partial charge in [0.15, 0.2) is 0 Å². The summed E-state index contributed by atoms with van der Waals surface area (Å²) in [6.45, 7) is 7.76. The van der Waals surface area contributed by atoms with Gasteiger partial charge < -0.3 is 10.1 Å². The van der Waals surface area contributed by atoms with E-state index in [2.05, 4.69) is 31.4 Å². The smallest absolute Gasteiger partial charge is 0.338 e. The average molecular weight is 474 g/mol. The summed E-state index contributed by atoms with van der Waals surface area (Å²) in [6.07, 6.45) is 1.78.